The predicted molar refractivity (Wildman–Crippen MR) is 149 cm³/mol. The zero-order valence-electron chi connectivity index (χ0n) is 21.7. The third-order valence-electron chi connectivity index (χ3n) is 7.04. The maximum atomic E-state index is 12.8. The zero-order valence-corrected chi connectivity index (χ0v) is 24.4. The normalized spacial score (nSPS) is 25.4. The Labute approximate surface area is 241 Å². The third-order valence-corrected chi connectivity index (χ3v) is 9.16. The van der Waals surface area contributed by atoms with E-state index in [-0.39, 0.29) is 30.7 Å². The highest BCUT2D eigenvalue weighted by Gasteiger charge is 2.38. The van der Waals surface area contributed by atoms with Crippen LogP contribution in [0.5, 0.6) is 0 Å². The van der Waals surface area contributed by atoms with Crippen molar-refractivity contribution >= 4 is 60.7 Å². The first-order chi connectivity index (χ1) is 20.1. The van der Waals surface area contributed by atoms with E-state index in [1.807, 2.05) is 0 Å². The highest BCUT2D eigenvalue weighted by molar-refractivity contribution is 7.46. The molecule has 0 amide bonds. The van der Waals surface area contributed by atoms with Gasteiger partial charge in [0.2, 0.25) is 5.95 Å². The first-order valence-electron chi connectivity index (χ1n) is 12.8. The highest BCUT2D eigenvalue weighted by atomic mass is 32.1. The van der Waals surface area contributed by atoms with Crippen molar-refractivity contribution in [3.63, 3.8) is 0 Å². The number of ether oxygens (including phenoxy) is 1. The van der Waals surface area contributed by atoms with Crippen LogP contribution in [0.25, 0.3) is 21.5 Å². The number of H-pyrrole nitrogens is 1. The molecule has 5 heterocycles. The number of aromatic nitrogens is 7. The molecule has 0 aromatic carbocycles. The highest BCUT2D eigenvalue weighted by Crippen LogP contribution is 2.43. The van der Waals surface area contributed by atoms with Crippen LogP contribution in [0.4, 0.5) is 11.8 Å². The molecule has 1 saturated carbocycles. The van der Waals surface area contributed by atoms with Gasteiger partial charge in [-0.05, 0) is 25.7 Å². The summed E-state index contributed by atoms with van der Waals surface area (Å²) in [6.45, 7) is -0.316. The van der Waals surface area contributed by atoms with Crippen LogP contribution in [0.1, 0.15) is 31.9 Å². The monoisotopic (exact) mass is 643 g/mol. The Morgan fingerprint density at radius 3 is 2.90 bits per heavy atom. The first kappa shape index (κ1) is 29.2. The van der Waals surface area contributed by atoms with Gasteiger partial charge in [-0.3, -0.25) is 23.4 Å². The minimum absolute atomic E-state index is 0.0160. The fourth-order valence-electron chi connectivity index (χ4n) is 5.20. The Kier molecular flexibility index (Phi) is 8.37. The van der Waals surface area contributed by atoms with E-state index < -0.39 is 46.0 Å². The number of phosphoric ester groups is 1. The third kappa shape index (κ3) is 6.54. The summed E-state index contributed by atoms with van der Waals surface area (Å²) in [6, 6.07) is -0.228. The molecule has 0 spiro atoms. The molecule has 0 radical (unpaired) electrons. The molecule has 0 bridgehead atoms. The van der Waals surface area contributed by atoms with Gasteiger partial charge < -0.3 is 34.6 Å². The van der Waals surface area contributed by atoms with Crippen LogP contribution < -0.4 is 16.6 Å². The molecule has 1 saturated heterocycles. The van der Waals surface area contributed by atoms with Crippen LogP contribution in [-0.2, 0) is 27.4 Å². The lowest BCUT2D eigenvalue weighted by atomic mass is 10.1. The predicted octanol–water partition coefficient (Wildman–Crippen LogP) is 1.57. The van der Waals surface area contributed by atoms with Gasteiger partial charge in [0.25, 0.3) is 5.56 Å². The summed E-state index contributed by atoms with van der Waals surface area (Å²) >= 11 is 1.37. The van der Waals surface area contributed by atoms with E-state index in [0.717, 1.165) is 0 Å². The van der Waals surface area contributed by atoms with E-state index in [4.69, 9.17) is 24.0 Å². The molecule has 226 valence electrons. The maximum Gasteiger partial charge on any atom is 0.469 e. The molecular formula is C21H27N9O9P2S. The second-order valence-corrected chi connectivity index (χ2v) is 13.0. The lowest BCUT2D eigenvalue weighted by Crippen LogP contribution is -2.21. The van der Waals surface area contributed by atoms with Gasteiger partial charge in [-0.25, -0.2) is 24.5 Å². The van der Waals surface area contributed by atoms with Gasteiger partial charge in [0.1, 0.15) is 22.9 Å². The summed E-state index contributed by atoms with van der Waals surface area (Å²) in [4.78, 5) is 54.6. The summed E-state index contributed by atoms with van der Waals surface area (Å²) < 4.78 is 47.8. The smallest absolute Gasteiger partial charge is 0.369 e. The molecule has 6 rings (SSSR count). The second kappa shape index (κ2) is 12.0. The Morgan fingerprint density at radius 2 is 2.07 bits per heavy atom. The number of aromatic amines is 1. The van der Waals surface area contributed by atoms with Crippen LogP contribution in [0.3, 0.4) is 0 Å². The summed E-state index contributed by atoms with van der Waals surface area (Å²) in [6.07, 6.45) is 3.24. The zero-order chi connectivity index (χ0) is 29.4. The molecule has 4 aromatic heterocycles. The van der Waals surface area contributed by atoms with Gasteiger partial charge in [-0.2, -0.15) is 4.98 Å². The minimum Gasteiger partial charge on any atom is -0.369 e. The van der Waals surface area contributed by atoms with Gasteiger partial charge in [-0.15, -0.1) is 11.3 Å². The van der Waals surface area contributed by atoms with Crippen molar-refractivity contribution < 1.29 is 37.2 Å². The van der Waals surface area contributed by atoms with Crippen molar-refractivity contribution in [2.75, 3.05) is 24.3 Å². The number of thiazole rings is 1. The summed E-state index contributed by atoms with van der Waals surface area (Å²) in [7, 11) is -7.74. The number of hydrogen-bond donors (Lipinski definition) is 5. The molecule has 2 fully saturated rings. The average molecular weight is 644 g/mol. The summed E-state index contributed by atoms with van der Waals surface area (Å²) in [5.74, 6) is 0.00176. The standard InChI is InChI=1S/C21H27N9O9P2S/c22-21-28-18-16(19(31)29-21)25-8-30(18)14-2-1-12(38-14)6-36-40(32)39-13-4-11(3-10(13)5-37-41(33,34)35)27-17-15-20(24-7-23-17)42-9-26-15/h7-14,40H,1-6H2,(H,23,24,27)(H2,33,34,35)(H3,22,28,29,31)/t10-,11-,12+,13+,14-/m1/s1. The van der Waals surface area contributed by atoms with Gasteiger partial charge in [-0.1, -0.05) is 0 Å². The number of nitrogens with one attached hydrogen (secondary N) is 2. The van der Waals surface area contributed by atoms with Gasteiger partial charge >= 0.3 is 16.1 Å². The average Bonchev–Trinajstić information content (AvgIpc) is 3.72. The minimum atomic E-state index is -4.72. The van der Waals surface area contributed by atoms with Crippen LogP contribution in [0, 0.1) is 5.92 Å². The Hall–Kier alpha value is -2.86. The molecule has 1 unspecified atom stereocenters. The van der Waals surface area contributed by atoms with E-state index in [9.17, 15) is 23.7 Å². The van der Waals surface area contributed by atoms with Crippen molar-refractivity contribution in [1.29, 1.82) is 0 Å². The molecule has 21 heteroatoms. The molecule has 4 aromatic rings. The molecule has 42 heavy (non-hydrogen) atoms. The number of fused-ring (bicyclic) bond motifs is 2. The van der Waals surface area contributed by atoms with Crippen molar-refractivity contribution in [3.05, 3.63) is 28.5 Å². The number of nitrogen functional groups attached to an aromatic ring is 1. The SMILES string of the molecule is Nc1nc2c(ncn2[C@H]2CC[C@@H](CO[PH](=O)O[C@H]3C[C@H](Nc4ncnc5scnc45)C[C@@H]3COP(=O)(O)O)O2)c(=O)[nH]1. The Balaban J connectivity index is 1.05. The van der Waals surface area contributed by atoms with Crippen LogP contribution in [0.15, 0.2) is 23.0 Å². The number of nitrogens with zero attached hydrogens (tertiary/aromatic N) is 6. The number of nitrogens with two attached hydrogens (primary N) is 1. The van der Waals surface area contributed by atoms with E-state index in [2.05, 4.69) is 35.2 Å². The lowest BCUT2D eigenvalue weighted by molar-refractivity contribution is -0.0189. The van der Waals surface area contributed by atoms with Crippen LogP contribution in [-0.4, -0.2) is 75.7 Å². The Morgan fingerprint density at radius 1 is 1.21 bits per heavy atom. The van der Waals surface area contributed by atoms with Crippen LogP contribution >= 0.6 is 27.4 Å². The van der Waals surface area contributed by atoms with Crippen LogP contribution in [0.2, 0.25) is 0 Å². The van der Waals surface area contributed by atoms with E-state index in [1.165, 1.54) is 24.0 Å². The first-order valence-corrected chi connectivity index (χ1v) is 16.5. The number of imidazole rings is 1. The number of hydrogen-bond acceptors (Lipinski definition) is 15. The molecule has 6 N–H and O–H groups in total. The summed E-state index contributed by atoms with van der Waals surface area (Å²) in [5, 5.41) is 3.28. The number of phosphoric acid groups is 1. The molecule has 1 aliphatic carbocycles. The molecule has 18 nitrogen and oxygen atoms in total. The van der Waals surface area contributed by atoms with E-state index >= 15 is 0 Å². The largest absolute Gasteiger partial charge is 0.469 e. The molecule has 2 aliphatic rings. The molecule has 1 aliphatic heterocycles. The second-order valence-electron chi connectivity index (χ2n) is 9.87. The van der Waals surface area contributed by atoms with Gasteiger partial charge in [0, 0.05) is 12.0 Å². The molecular weight excluding hydrogens is 616 g/mol. The van der Waals surface area contributed by atoms with Crippen molar-refractivity contribution in [2.45, 2.75) is 50.2 Å². The lowest BCUT2D eigenvalue weighted by Gasteiger charge is -2.20. The topological polar surface area (TPSA) is 252 Å². The molecule has 6 atom stereocenters. The Bertz CT molecular complexity index is 1710. The van der Waals surface area contributed by atoms with Gasteiger partial charge in [0.05, 0.1) is 37.3 Å². The van der Waals surface area contributed by atoms with E-state index in [0.29, 0.717) is 47.5 Å². The van der Waals surface area contributed by atoms with E-state index in [1.54, 1.807) is 10.1 Å². The maximum absolute atomic E-state index is 12.8. The number of rotatable bonds is 11. The fraction of sp³-hybridized carbons (Fsp3) is 0.524. The van der Waals surface area contributed by atoms with Crippen molar-refractivity contribution in [2.24, 2.45) is 5.92 Å². The van der Waals surface area contributed by atoms with Gasteiger partial charge in [0.15, 0.2) is 17.0 Å². The summed E-state index contributed by atoms with van der Waals surface area (Å²) in [5.41, 5.74) is 7.92. The number of anilines is 2. The fourth-order valence-corrected chi connectivity index (χ4v) is 7.13. The van der Waals surface area contributed by atoms with Crippen molar-refractivity contribution in [3.8, 4) is 0 Å². The quantitative estimate of drug-likeness (QED) is 0.145. The van der Waals surface area contributed by atoms with Crippen molar-refractivity contribution in [1.82, 2.24) is 34.5 Å².